The van der Waals surface area contributed by atoms with Crippen LogP contribution in [-0.4, -0.2) is 69.4 Å². The molecule has 0 fully saturated rings. The first-order chi connectivity index (χ1) is 34.9. The minimum Gasteiger partial charge on any atom is -0.756 e. The van der Waals surface area contributed by atoms with E-state index in [4.69, 9.17) is 13.8 Å². The molecular weight excluding hydrogens is 916 g/mol. The Morgan fingerprint density at radius 3 is 1.28 bits per heavy atom. The van der Waals surface area contributed by atoms with Gasteiger partial charge in [0, 0.05) is 12.8 Å². The molecule has 0 bridgehead atoms. The van der Waals surface area contributed by atoms with Gasteiger partial charge >= 0.3 is 5.97 Å². The van der Waals surface area contributed by atoms with Gasteiger partial charge in [0.15, 0.2) is 0 Å². The molecule has 0 rings (SSSR count). The van der Waals surface area contributed by atoms with Crippen molar-refractivity contribution >= 4 is 19.7 Å². The van der Waals surface area contributed by atoms with Crippen LogP contribution in [0.4, 0.5) is 0 Å². The van der Waals surface area contributed by atoms with Crippen LogP contribution in [0.3, 0.4) is 0 Å². The largest absolute Gasteiger partial charge is 0.756 e. The lowest BCUT2D eigenvalue weighted by Crippen LogP contribution is -2.47. The summed E-state index contributed by atoms with van der Waals surface area (Å²) in [7, 11) is 1.19. The first-order valence-corrected chi connectivity index (χ1v) is 32.3. The van der Waals surface area contributed by atoms with Crippen molar-refractivity contribution in [1.29, 1.82) is 0 Å². The van der Waals surface area contributed by atoms with E-state index in [0.717, 1.165) is 64.2 Å². The number of esters is 1. The van der Waals surface area contributed by atoms with E-state index in [1.807, 2.05) is 33.3 Å². The van der Waals surface area contributed by atoms with Crippen LogP contribution in [0.5, 0.6) is 0 Å². The van der Waals surface area contributed by atoms with Crippen LogP contribution >= 0.6 is 7.82 Å². The molecule has 0 spiro atoms. The average Bonchev–Trinajstić information content (AvgIpc) is 3.34. The number of unbranched alkanes of at least 4 members (excludes halogenated alkanes) is 36. The second-order valence-electron chi connectivity index (χ2n) is 22.2. The number of phosphoric ester groups is 1. The Hall–Kier alpha value is -1.77. The summed E-state index contributed by atoms with van der Waals surface area (Å²) < 4.78 is 30.3. The molecule has 0 saturated heterocycles. The molecule has 1 N–H and O–H groups in total. The zero-order chi connectivity index (χ0) is 52.9. The molecule has 3 unspecified atom stereocenters. The normalized spacial score (nSPS) is 13.9. The first-order valence-electron chi connectivity index (χ1n) is 30.8. The van der Waals surface area contributed by atoms with Crippen molar-refractivity contribution in [3.63, 3.8) is 0 Å². The first kappa shape index (κ1) is 70.2. The van der Waals surface area contributed by atoms with Crippen LogP contribution in [-0.2, 0) is 27.9 Å². The smallest absolute Gasteiger partial charge is 0.306 e. The van der Waals surface area contributed by atoms with Crippen LogP contribution in [0.15, 0.2) is 36.5 Å². The number of hydrogen-bond acceptors (Lipinski definition) is 7. The highest BCUT2D eigenvalue weighted by atomic mass is 31.2. The van der Waals surface area contributed by atoms with E-state index in [1.165, 1.54) is 199 Å². The zero-order valence-corrected chi connectivity index (χ0v) is 49.3. The fourth-order valence-corrected chi connectivity index (χ4v) is 9.75. The summed E-state index contributed by atoms with van der Waals surface area (Å²) in [6.45, 7) is 6.85. The lowest BCUT2D eigenvalue weighted by Gasteiger charge is -2.30. The molecule has 0 aromatic heterocycles. The van der Waals surface area contributed by atoms with Gasteiger partial charge in [-0.3, -0.25) is 14.2 Å². The van der Waals surface area contributed by atoms with Crippen molar-refractivity contribution in [2.75, 3.05) is 40.9 Å². The van der Waals surface area contributed by atoms with E-state index in [9.17, 15) is 19.0 Å². The minimum atomic E-state index is -4.69. The third-order valence-corrected chi connectivity index (χ3v) is 14.8. The molecule has 72 heavy (non-hydrogen) atoms. The number of likely N-dealkylation sites (N-methyl/N-ethyl adjacent to an activating group) is 1. The van der Waals surface area contributed by atoms with Gasteiger partial charge in [0.25, 0.3) is 7.82 Å². The molecule has 424 valence electrons. The number of amides is 1. The highest BCUT2D eigenvalue weighted by Crippen LogP contribution is 2.38. The molecule has 0 aromatic rings. The second-order valence-corrected chi connectivity index (χ2v) is 23.6. The Balaban J connectivity index is 5.27. The monoisotopic (exact) mass is 1030 g/mol. The van der Waals surface area contributed by atoms with E-state index in [-0.39, 0.29) is 31.5 Å². The number of nitrogens with zero attached hydrogens (tertiary/aromatic N) is 1. The van der Waals surface area contributed by atoms with Gasteiger partial charge < -0.3 is 28.5 Å². The Kier molecular flexibility index (Phi) is 51.4. The fourth-order valence-electron chi connectivity index (χ4n) is 9.02. The number of rotatable bonds is 56. The molecule has 0 heterocycles. The Morgan fingerprint density at radius 2 is 0.847 bits per heavy atom. The third-order valence-electron chi connectivity index (χ3n) is 13.8. The summed E-state index contributed by atoms with van der Waals surface area (Å²) in [6.07, 6.45) is 62.4. The number of carbonyl (C=O) groups is 2. The lowest BCUT2D eigenvalue weighted by molar-refractivity contribution is -0.870. The van der Waals surface area contributed by atoms with Gasteiger partial charge in [0.05, 0.1) is 33.8 Å². The number of carbonyl (C=O) groups excluding carboxylic acids is 2. The predicted octanol–water partition coefficient (Wildman–Crippen LogP) is 18.1. The Morgan fingerprint density at radius 1 is 0.486 bits per heavy atom. The number of nitrogens with one attached hydrogen (secondary N) is 1. The van der Waals surface area contributed by atoms with Crippen LogP contribution in [0.2, 0.25) is 0 Å². The van der Waals surface area contributed by atoms with Crippen LogP contribution < -0.4 is 10.2 Å². The van der Waals surface area contributed by atoms with E-state index in [0.29, 0.717) is 17.4 Å². The summed E-state index contributed by atoms with van der Waals surface area (Å²) in [5.41, 5.74) is 0. The van der Waals surface area contributed by atoms with Crippen LogP contribution in [0, 0.1) is 0 Å². The van der Waals surface area contributed by atoms with Gasteiger partial charge in [0.2, 0.25) is 5.91 Å². The number of quaternary nitrogens is 1. The lowest BCUT2D eigenvalue weighted by atomic mass is 10.0. The minimum absolute atomic E-state index is 0.0206. The van der Waals surface area contributed by atoms with Crippen molar-refractivity contribution < 1.29 is 37.3 Å². The Bertz CT molecular complexity index is 1330. The van der Waals surface area contributed by atoms with Gasteiger partial charge in [0.1, 0.15) is 19.3 Å². The van der Waals surface area contributed by atoms with Gasteiger partial charge in [-0.25, -0.2) is 0 Å². The van der Waals surface area contributed by atoms with E-state index in [2.05, 4.69) is 50.4 Å². The van der Waals surface area contributed by atoms with Crippen molar-refractivity contribution in [3.05, 3.63) is 36.5 Å². The van der Waals surface area contributed by atoms with Crippen molar-refractivity contribution in [2.45, 2.75) is 309 Å². The quantitative estimate of drug-likeness (QED) is 0.0212. The molecule has 0 saturated carbocycles. The molecule has 0 aliphatic rings. The zero-order valence-electron chi connectivity index (χ0n) is 48.4. The van der Waals surface area contributed by atoms with Crippen molar-refractivity contribution in [1.82, 2.24) is 5.32 Å². The highest BCUT2D eigenvalue weighted by molar-refractivity contribution is 7.45. The second kappa shape index (κ2) is 52.7. The average molecular weight is 1040 g/mol. The van der Waals surface area contributed by atoms with E-state index >= 15 is 0 Å². The number of ether oxygens (including phenoxy) is 1. The molecule has 0 aliphatic heterocycles. The molecule has 0 aliphatic carbocycles. The summed E-state index contributed by atoms with van der Waals surface area (Å²) in [4.78, 5) is 39.9. The van der Waals surface area contributed by atoms with E-state index < -0.39 is 20.0 Å². The molecule has 0 aromatic carbocycles. The van der Waals surface area contributed by atoms with Gasteiger partial charge in [-0.15, -0.1) is 0 Å². The SMILES string of the molecule is CCCCC/C=C\C/C=C\CCCCCCCCCCCC(=O)OC(/C=C/CCCCCCCCCCCCC)C(COP(=O)([O-])OCC[N+](C)(C)C)NC(=O)CCCCCCCCCCCCCCCC. The Labute approximate surface area is 446 Å². The van der Waals surface area contributed by atoms with Gasteiger partial charge in [-0.1, -0.05) is 257 Å². The topological polar surface area (TPSA) is 114 Å². The van der Waals surface area contributed by atoms with Crippen LogP contribution in [0.1, 0.15) is 297 Å². The molecule has 10 heteroatoms. The molecular formula is C62H119N2O7P. The summed E-state index contributed by atoms with van der Waals surface area (Å²) in [5, 5.41) is 3.03. The third kappa shape index (κ3) is 53.1. The maximum Gasteiger partial charge on any atom is 0.306 e. The van der Waals surface area contributed by atoms with Crippen molar-refractivity contribution in [2.24, 2.45) is 0 Å². The highest BCUT2D eigenvalue weighted by Gasteiger charge is 2.27. The fraction of sp³-hybridized carbons (Fsp3) is 0.871. The van der Waals surface area contributed by atoms with Gasteiger partial charge in [-0.05, 0) is 63.9 Å². The van der Waals surface area contributed by atoms with Crippen molar-refractivity contribution in [3.8, 4) is 0 Å². The standard InChI is InChI=1S/C62H119N2O7P/c1-7-10-13-16-19-22-25-28-30-31-32-33-34-37-40-43-46-49-52-55-62(66)71-60(53-50-47-44-41-38-35-27-24-21-18-15-12-9-3)59(58-70-72(67,68)69-57-56-64(4,5)6)63-61(65)54-51-48-45-42-39-36-29-26-23-20-17-14-11-8-2/h19,22,28,30,50,53,59-60H,7-18,20-21,23-27,29,31-49,51-52,54-58H2,1-6H3,(H-,63,65,67,68)/b22-19-,30-28-,53-50+. The molecule has 9 nitrogen and oxygen atoms in total. The molecule has 3 atom stereocenters. The number of allylic oxidation sites excluding steroid dienone is 5. The van der Waals surface area contributed by atoms with E-state index in [1.54, 1.807) is 0 Å². The summed E-state index contributed by atoms with van der Waals surface area (Å²) in [6, 6.07) is -0.885. The maximum atomic E-state index is 13.5. The maximum absolute atomic E-state index is 13.5. The summed E-state index contributed by atoms with van der Waals surface area (Å²) >= 11 is 0. The van der Waals surface area contributed by atoms with Gasteiger partial charge in [-0.2, -0.15) is 0 Å². The predicted molar refractivity (Wildman–Crippen MR) is 307 cm³/mol. The molecule has 0 radical (unpaired) electrons. The summed E-state index contributed by atoms with van der Waals surface area (Å²) in [5.74, 6) is -0.533. The number of hydrogen-bond donors (Lipinski definition) is 1. The van der Waals surface area contributed by atoms with Crippen LogP contribution in [0.25, 0.3) is 0 Å². The number of phosphoric acid groups is 1. The molecule has 1 amide bonds.